The maximum atomic E-state index is 11.5. The molecule has 0 bridgehead atoms. The average Bonchev–Trinajstić information content (AvgIpc) is 2.48. The van der Waals surface area contributed by atoms with Crippen molar-refractivity contribution in [2.75, 3.05) is 11.9 Å². The van der Waals surface area contributed by atoms with E-state index in [-0.39, 0.29) is 0 Å². The van der Waals surface area contributed by atoms with Crippen molar-refractivity contribution in [2.45, 2.75) is 6.92 Å². The van der Waals surface area contributed by atoms with Gasteiger partial charge in [-0.3, -0.25) is 5.32 Å². The maximum Gasteiger partial charge on any atom is 0.411 e. The Labute approximate surface area is 128 Å². The average molecular weight is 300 g/mol. The highest BCUT2D eigenvalue weighted by atomic mass is 35.5. The first-order valence-electron chi connectivity index (χ1n) is 6.49. The number of benzene rings is 2. The van der Waals surface area contributed by atoms with Crippen LogP contribution >= 0.6 is 11.6 Å². The fraction of sp³-hybridized carbons (Fsp3) is 0.118. The lowest BCUT2D eigenvalue weighted by Gasteiger charge is -2.07. The lowest BCUT2D eigenvalue weighted by Crippen LogP contribution is -2.14. The van der Waals surface area contributed by atoms with Gasteiger partial charge in [-0.05, 0) is 37.3 Å². The molecule has 1 amide bonds. The molecule has 0 atom stereocenters. The Balaban J connectivity index is 2.27. The molecule has 0 radical (unpaired) electrons. The molecule has 0 saturated heterocycles. The van der Waals surface area contributed by atoms with E-state index in [1.165, 1.54) is 0 Å². The molecule has 2 aromatic rings. The van der Waals surface area contributed by atoms with Gasteiger partial charge in [0.15, 0.2) is 0 Å². The van der Waals surface area contributed by atoms with Crippen LogP contribution in [-0.4, -0.2) is 12.7 Å². The number of rotatable bonds is 2. The predicted octanol–water partition coefficient (Wildman–Crippen LogP) is 4.31. The van der Waals surface area contributed by atoms with Gasteiger partial charge in [-0.25, -0.2) is 4.79 Å². The zero-order chi connectivity index (χ0) is 15.1. The first kappa shape index (κ1) is 15.0. The number of carbonyl (C=O) groups excluding carboxylic acids is 1. The van der Waals surface area contributed by atoms with Gasteiger partial charge in [-0.2, -0.15) is 0 Å². The molecule has 106 valence electrons. The Bertz CT molecular complexity index is 687. The summed E-state index contributed by atoms with van der Waals surface area (Å²) in [6.07, 6.45) is -0.525. The second kappa shape index (κ2) is 7.37. The third-order valence-corrected chi connectivity index (χ3v) is 2.84. The minimum absolute atomic E-state index is 0.303. The van der Waals surface area contributed by atoms with Crippen LogP contribution in [0, 0.1) is 11.8 Å². The molecule has 0 unspecified atom stereocenters. The molecule has 1 N–H and O–H groups in total. The first-order valence-corrected chi connectivity index (χ1v) is 6.87. The Morgan fingerprint density at radius 3 is 2.67 bits per heavy atom. The van der Waals surface area contributed by atoms with E-state index in [2.05, 4.69) is 17.2 Å². The van der Waals surface area contributed by atoms with Crippen LogP contribution in [0.4, 0.5) is 10.5 Å². The van der Waals surface area contributed by atoms with Gasteiger partial charge in [-0.1, -0.05) is 41.6 Å². The van der Waals surface area contributed by atoms with Crippen molar-refractivity contribution >= 4 is 23.4 Å². The van der Waals surface area contributed by atoms with E-state index < -0.39 is 6.09 Å². The number of hydrogen-bond acceptors (Lipinski definition) is 2. The van der Waals surface area contributed by atoms with E-state index in [4.69, 9.17) is 16.3 Å². The highest BCUT2D eigenvalue weighted by molar-refractivity contribution is 6.31. The van der Waals surface area contributed by atoms with Gasteiger partial charge in [0.2, 0.25) is 0 Å². The summed E-state index contributed by atoms with van der Waals surface area (Å²) < 4.78 is 4.86. The van der Waals surface area contributed by atoms with Crippen LogP contribution < -0.4 is 5.32 Å². The van der Waals surface area contributed by atoms with Crippen LogP contribution in [0.5, 0.6) is 0 Å². The minimum Gasteiger partial charge on any atom is -0.450 e. The Morgan fingerprint density at radius 1 is 1.19 bits per heavy atom. The Kier molecular flexibility index (Phi) is 5.25. The van der Waals surface area contributed by atoms with Crippen molar-refractivity contribution in [1.82, 2.24) is 0 Å². The van der Waals surface area contributed by atoms with Crippen LogP contribution in [0.2, 0.25) is 5.02 Å². The normalized spacial score (nSPS) is 9.43. The fourth-order valence-electron chi connectivity index (χ4n) is 1.67. The van der Waals surface area contributed by atoms with E-state index in [0.717, 1.165) is 5.56 Å². The lowest BCUT2D eigenvalue weighted by atomic mass is 10.1. The smallest absolute Gasteiger partial charge is 0.411 e. The van der Waals surface area contributed by atoms with Crippen LogP contribution in [0.3, 0.4) is 0 Å². The minimum atomic E-state index is -0.525. The van der Waals surface area contributed by atoms with E-state index in [1.807, 2.05) is 30.3 Å². The molecule has 0 heterocycles. The molecule has 2 rings (SSSR count). The molecule has 0 aromatic heterocycles. The molecular formula is C17H14ClNO2. The van der Waals surface area contributed by atoms with E-state index in [9.17, 15) is 4.79 Å². The number of ether oxygens (including phenoxy) is 1. The molecule has 2 aromatic carbocycles. The highest BCUT2D eigenvalue weighted by Crippen LogP contribution is 2.20. The largest absolute Gasteiger partial charge is 0.450 e. The molecule has 0 aliphatic heterocycles. The third-order valence-electron chi connectivity index (χ3n) is 2.61. The molecular weight excluding hydrogens is 286 g/mol. The molecule has 0 aliphatic rings. The zero-order valence-corrected chi connectivity index (χ0v) is 12.3. The number of nitrogens with one attached hydrogen (secondary N) is 1. The molecule has 4 heteroatoms. The fourth-order valence-corrected chi connectivity index (χ4v) is 1.84. The summed E-state index contributed by atoms with van der Waals surface area (Å²) in [7, 11) is 0. The summed E-state index contributed by atoms with van der Waals surface area (Å²) >= 11 is 5.95. The number of anilines is 1. The monoisotopic (exact) mass is 299 g/mol. The van der Waals surface area contributed by atoms with Crippen LogP contribution in [0.1, 0.15) is 18.1 Å². The Morgan fingerprint density at radius 2 is 1.95 bits per heavy atom. The third kappa shape index (κ3) is 4.55. The molecule has 21 heavy (non-hydrogen) atoms. The van der Waals surface area contributed by atoms with Crippen molar-refractivity contribution in [3.05, 3.63) is 64.7 Å². The lowest BCUT2D eigenvalue weighted by molar-refractivity contribution is 0.168. The molecule has 3 nitrogen and oxygen atoms in total. The van der Waals surface area contributed by atoms with Crippen LogP contribution in [0.25, 0.3) is 0 Å². The number of halogens is 1. The van der Waals surface area contributed by atoms with Crippen LogP contribution in [0.15, 0.2) is 48.5 Å². The van der Waals surface area contributed by atoms with Crippen LogP contribution in [-0.2, 0) is 4.74 Å². The quantitative estimate of drug-likeness (QED) is 0.839. The second-order valence-electron chi connectivity index (χ2n) is 4.15. The maximum absolute atomic E-state index is 11.5. The summed E-state index contributed by atoms with van der Waals surface area (Å²) in [5.74, 6) is 6.07. The summed E-state index contributed by atoms with van der Waals surface area (Å²) in [6, 6.07) is 14.7. The van der Waals surface area contributed by atoms with Crippen molar-refractivity contribution in [1.29, 1.82) is 0 Å². The summed E-state index contributed by atoms with van der Waals surface area (Å²) in [4.78, 5) is 11.5. The van der Waals surface area contributed by atoms with Crippen molar-refractivity contribution in [3.63, 3.8) is 0 Å². The van der Waals surface area contributed by atoms with Gasteiger partial charge < -0.3 is 4.74 Å². The van der Waals surface area contributed by atoms with E-state index >= 15 is 0 Å². The SMILES string of the molecule is CCOC(=O)Nc1cc(Cl)ccc1C#Cc1ccccc1. The van der Waals surface area contributed by atoms with Crippen molar-refractivity contribution in [2.24, 2.45) is 0 Å². The Hall–Kier alpha value is -2.44. The number of hydrogen-bond donors (Lipinski definition) is 1. The first-order chi connectivity index (χ1) is 10.2. The number of amides is 1. The zero-order valence-electron chi connectivity index (χ0n) is 11.5. The van der Waals surface area contributed by atoms with Gasteiger partial charge >= 0.3 is 6.09 Å². The van der Waals surface area contributed by atoms with Gasteiger partial charge in [0, 0.05) is 16.1 Å². The van der Waals surface area contributed by atoms with Gasteiger partial charge in [-0.15, -0.1) is 0 Å². The van der Waals surface area contributed by atoms with Gasteiger partial charge in [0.25, 0.3) is 0 Å². The second-order valence-corrected chi connectivity index (χ2v) is 4.59. The molecule has 0 fully saturated rings. The standard InChI is InChI=1S/C17H14ClNO2/c1-2-21-17(20)19-16-12-15(18)11-10-14(16)9-8-13-6-4-3-5-7-13/h3-7,10-12H,2H2,1H3,(H,19,20). The van der Waals surface area contributed by atoms with Gasteiger partial charge in [0.05, 0.1) is 12.3 Å². The molecule has 0 spiro atoms. The van der Waals surface area contributed by atoms with Crippen molar-refractivity contribution in [3.8, 4) is 11.8 Å². The molecule has 0 aliphatic carbocycles. The highest BCUT2D eigenvalue weighted by Gasteiger charge is 2.06. The predicted molar refractivity (Wildman–Crippen MR) is 84.5 cm³/mol. The summed E-state index contributed by atoms with van der Waals surface area (Å²) in [5.41, 5.74) is 2.11. The molecule has 0 saturated carbocycles. The number of carbonyl (C=O) groups is 1. The van der Waals surface area contributed by atoms with E-state index in [0.29, 0.717) is 22.9 Å². The van der Waals surface area contributed by atoms with Gasteiger partial charge in [0.1, 0.15) is 0 Å². The van der Waals surface area contributed by atoms with Crippen molar-refractivity contribution < 1.29 is 9.53 Å². The summed E-state index contributed by atoms with van der Waals surface area (Å²) in [6.45, 7) is 2.05. The topological polar surface area (TPSA) is 38.3 Å². The van der Waals surface area contributed by atoms with E-state index in [1.54, 1.807) is 25.1 Å². The summed E-state index contributed by atoms with van der Waals surface area (Å²) in [5, 5.41) is 3.16.